The quantitative estimate of drug-likeness (QED) is 0.364. The van der Waals surface area contributed by atoms with E-state index in [4.69, 9.17) is 9.47 Å². The van der Waals surface area contributed by atoms with Crippen LogP contribution in [0.3, 0.4) is 0 Å². The second kappa shape index (κ2) is 7.97. The van der Waals surface area contributed by atoms with Crippen molar-refractivity contribution in [3.63, 3.8) is 0 Å². The minimum Gasteiger partial charge on any atom is -0.463 e. The Morgan fingerprint density at radius 3 is 2.15 bits per heavy atom. The summed E-state index contributed by atoms with van der Waals surface area (Å²) >= 11 is 0. The Hall–Kier alpha value is -1.32. The monoisotopic (exact) mass is 374 g/mol. The fraction of sp³-hybridized carbons (Fsp3) is 0.826. The van der Waals surface area contributed by atoms with Crippen molar-refractivity contribution in [2.24, 2.45) is 29.6 Å². The molecule has 5 aliphatic carbocycles. The molecule has 0 heterocycles. The summed E-state index contributed by atoms with van der Waals surface area (Å²) < 4.78 is 11.5. The van der Waals surface area contributed by atoms with Crippen molar-refractivity contribution >= 4 is 11.9 Å². The second-order valence-corrected chi connectivity index (χ2v) is 9.44. The molecule has 0 radical (unpaired) electrons. The van der Waals surface area contributed by atoms with Crippen LogP contribution in [0.1, 0.15) is 77.0 Å². The fourth-order valence-corrected chi connectivity index (χ4v) is 7.09. The molecule has 0 aromatic rings. The number of esters is 2. The molecule has 0 unspecified atom stereocenters. The molecule has 0 N–H and O–H groups in total. The SMILES string of the molecule is C=CC(=O)OCCCC(=O)OC1(C2CCCCC2)C2CC3CC(C2)CC1C3. The van der Waals surface area contributed by atoms with Crippen molar-refractivity contribution in [2.45, 2.75) is 82.7 Å². The average Bonchev–Trinajstić information content (AvgIpc) is 2.68. The lowest BCUT2D eigenvalue weighted by atomic mass is 9.46. The number of rotatable bonds is 7. The molecule has 0 aromatic heterocycles. The van der Waals surface area contributed by atoms with Gasteiger partial charge in [0.15, 0.2) is 0 Å². The lowest BCUT2D eigenvalue weighted by molar-refractivity contribution is -0.232. The van der Waals surface area contributed by atoms with Gasteiger partial charge in [-0.15, -0.1) is 0 Å². The van der Waals surface area contributed by atoms with E-state index >= 15 is 0 Å². The molecule has 5 aliphatic rings. The molecule has 0 atom stereocenters. The highest BCUT2D eigenvalue weighted by Crippen LogP contribution is 2.63. The van der Waals surface area contributed by atoms with Gasteiger partial charge in [-0.1, -0.05) is 25.8 Å². The minimum absolute atomic E-state index is 0.0808. The molecular weight excluding hydrogens is 340 g/mol. The molecule has 4 nitrogen and oxygen atoms in total. The Balaban J connectivity index is 1.44. The van der Waals surface area contributed by atoms with Crippen LogP contribution in [0.5, 0.6) is 0 Å². The van der Waals surface area contributed by atoms with Crippen LogP contribution in [0.4, 0.5) is 0 Å². The largest absolute Gasteiger partial charge is 0.463 e. The molecule has 5 fully saturated rings. The summed E-state index contributed by atoms with van der Waals surface area (Å²) in [6, 6.07) is 0. The third-order valence-corrected chi connectivity index (χ3v) is 7.88. The normalized spacial score (nSPS) is 37.8. The smallest absolute Gasteiger partial charge is 0.330 e. The maximum Gasteiger partial charge on any atom is 0.330 e. The van der Waals surface area contributed by atoms with E-state index in [1.807, 2.05) is 0 Å². The summed E-state index contributed by atoms with van der Waals surface area (Å²) in [5.41, 5.74) is -0.192. The van der Waals surface area contributed by atoms with E-state index in [-0.39, 0.29) is 18.2 Å². The first-order chi connectivity index (χ1) is 13.1. The van der Waals surface area contributed by atoms with E-state index in [9.17, 15) is 9.59 Å². The lowest BCUT2D eigenvalue weighted by Gasteiger charge is -2.63. The van der Waals surface area contributed by atoms with E-state index in [1.165, 1.54) is 64.2 Å². The van der Waals surface area contributed by atoms with Crippen LogP contribution in [0, 0.1) is 29.6 Å². The second-order valence-electron chi connectivity index (χ2n) is 9.44. The summed E-state index contributed by atoms with van der Waals surface area (Å²) in [5, 5.41) is 0. The van der Waals surface area contributed by atoms with E-state index in [0.717, 1.165) is 17.9 Å². The maximum absolute atomic E-state index is 12.8. The third kappa shape index (κ3) is 3.69. The zero-order chi connectivity index (χ0) is 18.9. The van der Waals surface area contributed by atoms with Gasteiger partial charge in [0, 0.05) is 12.5 Å². The Labute approximate surface area is 163 Å². The van der Waals surface area contributed by atoms with Gasteiger partial charge in [0.25, 0.3) is 0 Å². The Morgan fingerprint density at radius 2 is 1.56 bits per heavy atom. The lowest BCUT2D eigenvalue weighted by Crippen LogP contribution is -2.63. The predicted octanol–water partition coefficient (Wildman–Crippen LogP) is 4.81. The van der Waals surface area contributed by atoms with Gasteiger partial charge >= 0.3 is 11.9 Å². The summed E-state index contributed by atoms with van der Waals surface area (Å²) in [6.07, 6.45) is 14.9. The molecule has 0 amide bonds. The first kappa shape index (κ1) is 19.0. The highest BCUT2D eigenvalue weighted by Gasteiger charge is 2.62. The van der Waals surface area contributed by atoms with Crippen LogP contribution < -0.4 is 0 Å². The number of hydrogen-bond acceptors (Lipinski definition) is 4. The number of ether oxygens (including phenoxy) is 2. The third-order valence-electron chi connectivity index (χ3n) is 7.88. The summed E-state index contributed by atoms with van der Waals surface area (Å²) in [7, 11) is 0. The van der Waals surface area contributed by atoms with Crippen LogP contribution in [0.15, 0.2) is 12.7 Å². The first-order valence-corrected chi connectivity index (χ1v) is 11.1. The van der Waals surface area contributed by atoms with Crippen molar-refractivity contribution < 1.29 is 19.1 Å². The van der Waals surface area contributed by atoms with E-state index in [2.05, 4.69) is 6.58 Å². The van der Waals surface area contributed by atoms with Gasteiger partial charge < -0.3 is 9.47 Å². The van der Waals surface area contributed by atoms with Gasteiger partial charge in [-0.05, 0) is 81.0 Å². The Morgan fingerprint density at radius 1 is 0.926 bits per heavy atom. The van der Waals surface area contributed by atoms with Gasteiger partial charge in [-0.25, -0.2) is 4.79 Å². The molecule has 4 heteroatoms. The standard InChI is InChI=1S/C23H34O4/c1-2-21(24)26-10-6-9-22(25)27-23(18-7-4-3-5-8-18)19-12-16-11-17(14-19)15-20(23)13-16/h2,16-20H,1,3-15H2. The van der Waals surface area contributed by atoms with Crippen LogP contribution in [0.25, 0.3) is 0 Å². The highest BCUT2D eigenvalue weighted by atomic mass is 16.6. The van der Waals surface area contributed by atoms with Crippen molar-refractivity contribution in [1.82, 2.24) is 0 Å². The van der Waals surface area contributed by atoms with Crippen molar-refractivity contribution in [2.75, 3.05) is 6.61 Å². The molecule has 0 aromatic carbocycles. The molecule has 5 saturated carbocycles. The zero-order valence-corrected chi connectivity index (χ0v) is 16.5. The van der Waals surface area contributed by atoms with Gasteiger partial charge in [0.05, 0.1) is 6.61 Å². The van der Waals surface area contributed by atoms with E-state index < -0.39 is 5.97 Å². The zero-order valence-electron chi connectivity index (χ0n) is 16.5. The van der Waals surface area contributed by atoms with Gasteiger partial charge in [-0.2, -0.15) is 0 Å². The van der Waals surface area contributed by atoms with Crippen molar-refractivity contribution in [3.05, 3.63) is 12.7 Å². The molecule has 0 spiro atoms. The van der Waals surface area contributed by atoms with Crippen molar-refractivity contribution in [1.29, 1.82) is 0 Å². The van der Waals surface area contributed by atoms with E-state index in [1.54, 1.807) is 0 Å². The maximum atomic E-state index is 12.8. The summed E-state index contributed by atoms with van der Waals surface area (Å²) in [5.74, 6) is 2.97. The van der Waals surface area contributed by atoms with Crippen LogP contribution >= 0.6 is 0 Å². The van der Waals surface area contributed by atoms with Gasteiger partial charge in [0.1, 0.15) is 5.60 Å². The average molecular weight is 375 g/mol. The Kier molecular flexibility index (Phi) is 5.61. The summed E-state index contributed by atoms with van der Waals surface area (Å²) in [4.78, 5) is 24.0. The molecule has 27 heavy (non-hydrogen) atoms. The topological polar surface area (TPSA) is 52.6 Å². The predicted molar refractivity (Wildman–Crippen MR) is 103 cm³/mol. The molecular formula is C23H34O4. The molecule has 0 aliphatic heterocycles. The van der Waals surface area contributed by atoms with E-state index in [0.29, 0.717) is 30.6 Å². The molecule has 150 valence electrons. The van der Waals surface area contributed by atoms with Crippen LogP contribution in [0.2, 0.25) is 0 Å². The number of carbonyl (C=O) groups is 2. The van der Waals surface area contributed by atoms with Crippen LogP contribution in [-0.2, 0) is 19.1 Å². The molecule has 5 rings (SSSR count). The van der Waals surface area contributed by atoms with Gasteiger partial charge in [0.2, 0.25) is 0 Å². The number of hydrogen-bond donors (Lipinski definition) is 0. The number of carbonyl (C=O) groups excluding carboxylic acids is 2. The van der Waals surface area contributed by atoms with Gasteiger partial charge in [-0.3, -0.25) is 4.79 Å². The van der Waals surface area contributed by atoms with Crippen LogP contribution in [-0.4, -0.2) is 24.1 Å². The summed E-state index contributed by atoms with van der Waals surface area (Å²) in [6.45, 7) is 3.65. The van der Waals surface area contributed by atoms with Crippen molar-refractivity contribution in [3.8, 4) is 0 Å². The minimum atomic E-state index is -0.428. The first-order valence-electron chi connectivity index (χ1n) is 11.1. The molecule has 4 bridgehead atoms. The molecule has 0 saturated heterocycles. The Bertz CT molecular complexity index is 541. The highest BCUT2D eigenvalue weighted by molar-refractivity contribution is 5.81. The fourth-order valence-electron chi connectivity index (χ4n) is 7.09.